The van der Waals surface area contributed by atoms with Crippen molar-refractivity contribution in [1.29, 1.82) is 0 Å². The molecule has 4 heteroatoms. The van der Waals surface area contributed by atoms with Crippen molar-refractivity contribution in [2.45, 2.75) is 51.7 Å². The van der Waals surface area contributed by atoms with E-state index in [0.717, 1.165) is 23.8 Å². The summed E-state index contributed by atoms with van der Waals surface area (Å²) in [7, 11) is 3.80. The number of aldehydes is 1. The van der Waals surface area contributed by atoms with Gasteiger partial charge in [0.2, 0.25) is 0 Å². The summed E-state index contributed by atoms with van der Waals surface area (Å²) in [5.74, 6) is 0.606. The van der Waals surface area contributed by atoms with Crippen LogP contribution in [0.3, 0.4) is 0 Å². The Morgan fingerprint density at radius 1 is 1.03 bits per heavy atom. The first kappa shape index (κ1) is 23.1. The van der Waals surface area contributed by atoms with E-state index in [9.17, 15) is 4.79 Å². The molecule has 0 radical (unpaired) electrons. The lowest BCUT2D eigenvalue weighted by Crippen LogP contribution is -2.41. The van der Waals surface area contributed by atoms with Crippen LogP contribution in [-0.4, -0.2) is 33.5 Å². The molecule has 1 aliphatic carbocycles. The van der Waals surface area contributed by atoms with E-state index in [1.807, 2.05) is 37.3 Å². The number of aryl methyl sites for hydroxylation is 1. The highest BCUT2D eigenvalue weighted by Crippen LogP contribution is 2.31. The number of hydrogen-bond donors (Lipinski definition) is 0. The Hall–Kier alpha value is -2.17. The molecule has 1 aliphatic rings. The van der Waals surface area contributed by atoms with Gasteiger partial charge in [-0.15, -0.1) is 0 Å². The van der Waals surface area contributed by atoms with E-state index in [1.165, 1.54) is 37.8 Å². The number of methoxy groups -OCH3 is 1. The van der Waals surface area contributed by atoms with Gasteiger partial charge in [-0.05, 0) is 37.0 Å². The number of rotatable bonds is 8. The van der Waals surface area contributed by atoms with E-state index >= 15 is 0 Å². The van der Waals surface area contributed by atoms with Gasteiger partial charge in [-0.3, -0.25) is 4.79 Å². The van der Waals surface area contributed by atoms with E-state index in [2.05, 4.69) is 36.2 Å². The van der Waals surface area contributed by atoms with Gasteiger partial charge in [-0.1, -0.05) is 68.7 Å². The van der Waals surface area contributed by atoms with Crippen LogP contribution in [0.2, 0.25) is 0 Å². The molecule has 29 heavy (non-hydrogen) atoms. The molecule has 0 amide bonds. The van der Waals surface area contributed by atoms with Gasteiger partial charge in [0.05, 0.1) is 0 Å². The third kappa shape index (κ3) is 7.30. The van der Waals surface area contributed by atoms with E-state index in [-0.39, 0.29) is 6.23 Å². The maximum Gasteiger partial charge on any atom is 0.150 e. The summed E-state index contributed by atoms with van der Waals surface area (Å²) in [5.41, 5.74) is 3.14. The first-order valence-corrected chi connectivity index (χ1v) is 10.6. The fourth-order valence-electron chi connectivity index (χ4n) is 3.90. The molecule has 0 aromatic heterocycles. The molecule has 2 aromatic rings. The number of carbonyl (C=O) groups excluding carboxylic acids is 1. The number of nitrogens with zero attached hydrogens (tertiary/aromatic N) is 1. The molecule has 0 saturated heterocycles. The summed E-state index contributed by atoms with van der Waals surface area (Å²) in [6, 6.07) is 18.1. The molecule has 1 atom stereocenters. The second-order valence-corrected chi connectivity index (χ2v) is 7.48. The Morgan fingerprint density at radius 2 is 1.69 bits per heavy atom. The Labute approximate surface area is 175 Å². The molecule has 4 nitrogen and oxygen atoms in total. The second kappa shape index (κ2) is 13.1. The minimum atomic E-state index is 0.114. The van der Waals surface area contributed by atoms with Gasteiger partial charge in [-0.25, -0.2) is 0 Å². The summed E-state index contributed by atoms with van der Waals surface area (Å²) >= 11 is 0. The lowest BCUT2D eigenvalue weighted by molar-refractivity contribution is -0.0947. The van der Waals surface area contributed by atoms with E-state index < -0.39 is 0 Å². The highest BCUT2D eigenvalue weighted by molar-refractivity contribution is 5.77. The molecule has 1 saturated carbocycles. The van der Waals surface area contributed by atoms with Crippen molar-refractivity contribution in [2.24, 2.45) is 5.92 Å². The molecule has 0 heterocycles. The normalized spacial score (nSPS) is 15.1. The maximum absolute atomic E-state index is 10.4. The zero-order valence-corrected chi connectivity index (χ0v) is 18.0. The molecular weight excluding hydrogens is 362 g/mol. The van der Waals surface area contributed by atoms with Crippen molar-refractivity contribution in [1.82, 2.24) is 0 Å². The van der Waals surface area contributed by atoms with Crippen LogP contribution in [0.4, 0.5) is 5.69 Å². The average molecular weight is 398 g/mol. The summed E-state index contributed by atoms with van der Waals surface area (Å²) in [4.78, 5) is 12.6. The van der Waals surface area contributed by atoms with Gasteiger partial charge in [0.1, 0.15) is 19.3 Å². The summed E-state index contributed by atoms with van der Waals surface area (Å²) in [6.45, 7) is 2.40. The van der Waals surface area contributed by atoms with Crippen molar-refractivity contribution in [3.05, 3.63) is 65.7 Å². The third-order valence-electron chi connectivity index (χ3n) is 5.52. The first-order chi connectivity index (χ1) is 14.2. The molecule has 0 N–H and O–H groups in total. The molecule has 1 unspecified atom stereocenters. The van der Waals surface area contributed by atoms with Crippen molar-refractivity contribution >= 4 is 12.0 Å². The zero-order chi connectivity index (χ0) is 20.9. The van der Waals surface area contributed by atoms with Crippen LogP contribution >= 0.6 is 0 Å². The van der Waals surface area contributed by atoms with Crippen LogP contribution in [0.25, 0.3) is 0 Å². The van der Waals surface area contributed by atoms with Gasteiger partial charge in [0, 0.05) is 31.3 Å². The topological polar surface area (TPSA) is 38.8 Å². The fourth-order valence-corrected chi connectivity index (χ4v) is 3.90. The van der Waals surface area contributed by atoms with Crippen LogP contribution in [0, 0.1) is 5.92 Å². The monoisotopic (exact) mass is 397 g/mol. The summed E-state index contributed by atoms with van der Waals surface area (Å²) < 4.78 is 11.1. The van der Waals surface area contributed by atoms with Crippen LogP contribution < -0.4 is 4.90 Å². The average Bonchev–Trinajstić information content (AvgIpc) is 2.80. The second-order valence-electron chi connectivity index (χ2n) is 7.48. The van der Waals surface area contributed by atoms with Crippen molar-refractivity contribution in [3.8, 4) is 0 Å². The van der Waals surface area contributed by atoms with Gasteiger partial charge < -0.3 is 14.4 Å². The molecule has 0 bridgehead atoms. The predicted molar refractivity (Wildman–Crippen MR) is 119 cm³/mol. The van der Waals surface area contributed by atoms with E-state index in [1.54, 1.807) is 7.11 Å². The molecule has 3 rings (SSSR count). The molecule has 0 spiro atoms. The Kier molecular flexibility index (Phi) is 10.5. The molecule has 158 valence electrons. The highest BCUT2D eigenvalue weighted by Gasteiger charge is 2.28. The molecule has 0 aliphatic heterocycles. The minimum Gasteiger partial charge on any atom is -0.359 e. The third-order valence-corrected chi connectivity index (χ3v) is 5.52. The van der Waals surface area contributed by atoms with Crippen LogP contribution in [0.1, 0.15) is 54.9 Å². The molecular formula is C25H35NO3. The number of para-hydroxylation sites is 1. The van der Waals surface area contributed by atoms with Gasteiger partial charge in [0.15, 0.2) is 0 Å². The predicted octanol–water partition coefficient (Wildman–Crippen LogP) is 5.71. The number of carbonyl (C=O) groups is 1. The number of benzene rings is 2. The minimum absolute atomic E-state index is 0.114. The Morgan fingerprint density at radius 3 is 2.28 bits per heavy atom. The Bertz CT molecular complexity index is 698. The lowest BCUT2D eigenvalue weighted by atomic mass is 9.87. The van der Waals surface area contributed by atoms with Gasteiger partial charge in [-0.2, -0.15) is 0 Å². The highest BCUT2D eigenvalue weighted by atomic mass is 16.7. The SMILES string of the molecule is CCc1ccccc1C=O.COCOC(C1CCCCC1)N(C)c1ccccc1. The van der Waals surface area contributed by atoms with Gasteiger partial charge in [0.25, 0.3) is 0 Å². The van der Waals surface area contributed by atoms with E-state index in [4.69, 9.17) is 9.47 Å². The summed E-state index contributed by atoms with van der Waals surface area (Å²) in [6.07, 6.45) is 8.45. The van der Waals surface area contributed by atoms with Crippen molar-refractivity contribution < 1.29 is 14.3 Å². The maximum atomic E-state index is 10.4. The molecule has 2 aromatic carbocycles. The van der Waals surface area contributed by atoms with Crippen LogP contribution in [-0.2, 0) is 15.9 Å². The Balaban J connectivity index is 0.000000253. The first-order valence-electron chi connectivity index (χ1n) is 10.6. The van der Waals surface area contributed by atoms with Gasteiger partial charge >= 0.3 is 0 Å². The smallest absolute Gasteiger partial charge is 0.150 e. The van der Waals surface area contributed by atoms with E-state index in [0.29, 0.717) is 12.7 Å². The standard InChI is InChI=1S/C16H25NO2.C9H10O/c1-17(15-11-7-4-8-12-15)16(19-13-18-2)14-9-5-3-6-10-14;1-2-8-5-3-4-6-9(8)7-10/h4,7-8,11-12,14,16H,3,5-6,9-10,13H2,1-2H3;3-7H,2H2,1H3. The fraction of sp³-hybridized carbons (Fsp3) is 0.480. The van der Waals surface area contributed by atoms with Crippen LogP contribution in [0.15, 0.2) is 54.6 Å². The summed E-state index contributed by atoms with van der Waals surface area (Å²) in [5, 5.41) is 0. The quantitative estimate of drug-likeness (QED) is 0.422. The van der Waals surface area contributed by atoms with Crippen LogP contribution in [0.5, 0.6) is 0 Å². The largest absolute Gasteiger partial charge is 0.359 e. The van der Waals surface area contributed by atoms with Crippen molar-refractivity contribution in [2.75, 3.05) is 25.9 Å². The number of anilines is 1. The molecule has 1 fully saturated rings. The lowest BCUT2D eigenvalue weighted by Gasteiger charge is -2.37. The zero-order valence-electron chi connectivity index (χ0n) is 18.0. The number of hydrogen-bond acceptors (Lipinski definition) is 4. The van der Waals surface area contributed by atoms with Crippen molar-refractivity contribution in [3.63, 3.8) is 0 Å². The number of ether oxygens (including phenoxy) is 2.